The zero-order valence-electron chi connectivity index (χ0n) is 9.52. The Hall–Kier alpha value is -1.39. The lowest BCUT2D eigenvalue weighted by Gasteiger charge is -2.12. The van der Waals surface area contributed by atoms with E-state index in [0.29, 0.717) is 0 Å². The van der Waals surface area contributed by atoms with Gasteiger partial charge in [-0.3, -0.25) is 14.4 Å². The van der Waals surface area contributed by atoms with Crippen LogP contribution in [-0.4, -0.2) is 30.9 Å². The van der Waals surface area contributed by atoms with Crippen LogP contribution in [0.1, 0.15) is 26.7 Å². The maximum Gasteiger partial charge on any atom is 0.328 e. The fraction of sp³-hybridized carbons (Fsp3) is 0.727. The quantitative estimate of drug-likeness (QED) is 0.494. The molecule has 5 heteroatoms. The summed E-state index contributed by atoms with van der Waals surface area (Å²) >= 11 is 0. The van der Waals surface area contributed by atoms with Gasteiger partial charge >= 0.3 is 11.9 Å². The summed E-state index contributed by atoms with van der Waals surface area (Å²) in [5.41, 5.74) is 0. The zero-order chi connectivity index (χ0) is 12.1. The molecule has 1 rings (SSSR count). The number of hydrogen-bond donors (Lipinski definition) is 0. The van der Waals surface area contributed by atoms with Gasteiger partial charge in [0.05, 0.1) is 13.2 Å². The van der Waals surface area contributed by atoms with Gasteiger partial charge in [0.25, 0.3) is 0 Å². The van der Waals surface area contributed by atoms with Crippen LogP contribution in [0.5, 0.6) is 0 Å². The Morgan fingerprint density at radius 2 is 1.50 bits per heavy atom. The highest BCUT2D eigenvalue weighted by Crippen LogP contribution is 2.33. The van der Waals surface area contributed by atoms with Gasteiger partial charge in [0.15, 0.2) is 5.78 Å². The van der Waals surface area contributed by atoms with Crippen LogP contribution >= 0.6 is 0 Å². The van der Waals surface area contributed by atoms with Crippen molar-refractivity contribution in [3.05, 3.63) is 0 Å². The maximum atomic E-state index is 11.7. The highest BCUT2D eigenvalue weighted by Gasteiger charge is 2.44. The van der Waals surface area contributed by atoms with Gasteiger partial charge in [0.1, 0.15) is 0 Å². The molecule has 0 saturated heterocycles. The second kappa shape index (κ2) is 5.63. The topological polar surface area (TPSA) is 69.7 Å². The molecule has 0 radical (unpaired) electrons. The lowest BCUT2D eigenvalue weighted by Crippen LogP contribution is -2.35. The Kier molecular flexibility index (Phi) is 4.46. The number of hydrogen-bond acceptors (Lipinski definition) is 5. The molecular formula is C11H16O5. The summed E-state index contributed by atoms with van der Waals surface area (Å²) in [5.74, 6) is -3.50. The Morgan fingerprint density at radius 1 is 1.06 bits per heavy atom. The average Bonchev–Trinajstić information content (AvgIpc) is 3.01. The first-order valence-electron chi connectivity index (χ1n) is 5.48. The molecule has 0 spiro atoms. The Labute approximate surface area is 94.1 Å². The number of carbonyl (C=O) groups excluding carboxylic acids is 3. The van der Waals surface area contributed by atoms with Crippen LogP contribution in [0.25, 0.3) is 0 Å². The Bertz CT molecular complexity index is 275. The molecule has 1 saturated carbocycles. The number of ether oxygens (including phenoxy) is 2. The van der Waals surface area contributed by atoms with Gasteiger partial charge in [-0.05, 0) is 26.7 Å². The van der Waals surface area contributed by atoms with Gasteiger partial charge in [-0.1, -0.05) is 0 Å². The third-order valence-electron chi connectivity index (χ3n) is 2.31. The number of ketones is 1. The van der Waals surface area contributed by atoms with E-state index in [9.17, 15) is 14.4 Å². The lowest BCUT2D eigenvalue weighted by molar-refractivity contribution is -0.164. The van der Waals surface area contributed by atoms with Gasteiger partial charge in [0.2, 0.25) is 5.92 Å². The van der Waals surface area contributed by atoms with Crippen LogP contribution in [0.4, 0.5) is 0 Å². The minimum absolute atomic E-state index is 0.146. The fourth-order valence-electron chi connectivity index (χ4n) is 1.38. The number of esters is 2. The molecule has 0 aromatic rings. The van der Waals surface area contributed by atoms with Gasteiger partial charge in [-0.15, -0.1) is 0 Å². The van der Waals surface area contributed by atoms with E-state index in [1.807, 2.05) is 0 Å². The summed E-state index contributed by atoms with van der Waals surface area (Å²) in [6, 6.07) is 0. The lowest BCUT2D eigenvalue weighted by atomic mass is 10.0. The summed E-state index contributed by atoms with van der Waals surface area (Å²) in [6.07, 6.45) is 1.49. The SMILES string of the molecule is CCOC(=O)C(C(=O)OCC)C(=O)C1CC1. The van der Waals surface area contributed by atoms with Gasteiger partial charge < -0.3 is 9.47 Å². The molecular weight excluding hydrogens is 212 g/mol. The average molecular weight is 228 g/mol. The first kappa shape index (κ1) is 12.7. The largest absolute Gasteiger partial charge is 0.465 e. The van der Waals surface area contributed by atoms with E-state index in [4.69, 9.17) is 9.47 Å². The second-order valence-corrected chi connectivity index (χ2v) is 3.61. The molecule has 0 aromatic heterocycles. The first-order valence-corrected chi connectivity index (χ1v) is 5.48. The monoisotopic (exact) mass is 228 g/mol. The third-order valence-corrected chi connectivity index (χ3v) is 2.31. The van der Waals surface area contributed by atoms with E-state index in [-0.39, 0.29) is 24.9 Å². The van der Waals surface area contributed by atoms with E-state index in [1.54, 1.807) is 13.8 Å². The van der Waals surface area contributed by atoms with E-state index >= 15 is 0 Å². The molecule has 0 amide bonds. The minimum Gasteiger partial charge on any atom is -0.465 e. The molecule has 90 valence electrons. The summed E-state index contributed by atoms with van der Waals surface area (Å²) in [5, 5.41) is 0. The van der Waals surface area contributed by atoms with Crippen molar-refractivity contribution in [1.29, 1.82) is 0 Å². The van der Waals surface area contributed by atoms with Gasteiger partial charge in [0, 0.05) is 5.92 Å². The van der Waals surface area contributed by atoms with Crippen molar-refractivity contribution in [3.63, 3.8) is 0 Å². The molecule has 5 nitrogen and oxygen atoms in total. The molecule has 1 fully saturated rings. The van der Waals surface area contributed by atoms with Crippen molar-refractivity contribution in [2.75, 3.05) is 13.2 Å². The summed E-state index contributed by atoms with van der Waals surface area (Å²) in [6.45, 7) is 3.54. The summed E-state index contributed by atoms with van der Waals surface area (Å²) in [7, 11) is 0. The minimum atomic E-state index is -1.38. The highest BCUT2D eigenvalue weighted by atomic mass is 16.6. The van der Waals surface area contributed by atoms with Crippen molar-refractivity contribution >= 4 is 17.7 Å². The Balaban J connectivity index is 2.70. The van der Waals surface area contributed by atoms with Crippen LogP contribution in [0, 0.1) is 11.8 Å². The summed E-state index contributed by atoms with van der Waals surface area (Å²) < 4.78 is 9.42. The molecule has 0 heterocycles. The predicted octanol–water partition coefficient (Wildman–Crippen LogP) is 0.708. The maximum absolute atomic E-state index is 11.7. The van der Waals surface area contributed by atoms with E-state index in [2.05, 4.69) is 0 Å². The van der Waals surface area contributed by atoms with Crippen LogP contribution in [0.2, 0.25) is 0 Å². The number of carbonyl (C=O) groups is 3. The molecule has 0 aliphatic heterocycles. The molecule has 0 bridgehead atoms. The van der Waals surface area contributed by atoms with Crippen LogP contribution in [0.15, 0.2) is 0 Å². The third kappa shape index (κ3) is 3.05. The fourth-order valence-corrected chi connectivity index (χ4v) is 1.38. The molecule has 0 atom stereocenters. The second-order valence-electron chi connectivity index (χ2n) is 3.61. The smallest absolute Gasteiger partial charge is 0.328 e. The molecule has 1 aliphatic rings. The summed E-state index contributed by atoms with van der Waals surface area (Å²) in [4.78, 5) is 34.7. The molecule has 0 N–H and O–H groups in total. The molecule has 0 unspecified atom stereocenters. The highest BCUT2D eigenvalue weighted by molar-refractivity contribution is 6.16. The first-order chi connectivity index (χ1) is 7.61. The number of rotatable bonds is 6. The van der Waals surface area contributed by atoms with E-state index in [0.717, 1.165) is 12.8 Å². The van der Waals surface area contributed by atoms with Crippen molar-refractivity contribution in [2.24, 2.45) is 11.8 Å². The van der Waals surface area contributed by atoms with Gasteiger partial charge in [-0.25, -0.2) is 0 Å². The van der Waals surface area contributed by atoms with Crippen LogP contribution < -0.4 is 0 Å². The Morgan fingerprint density at radius 3 is 1.81 bits per heavy atom. The van der Waals surface area contributed by atoms with Crippen molar-refractivity contribution in [2.45, 2.75) is 26.7 Å². The normalized spacial score (nSPS) is 14.7. The predicted molar refractivity (Wildman–Crippen MR) is 54.5 cm³/mol. The van der Waals surface area contributed by atoms with E-state index < -0.39 is 17.9 Å². The van der Waals surface area contributed by atoms with E-state index in [1.165, 1.54) is 0 Å². The standard InChI is InChI=1S/C11H16O5/c1-3-15-10(13)8(11(14)16-4-2)9(12)7-5-6-7/h7-8H,3-6H2,1-2H3. The number of Topliss-reactive ketones (excluding diaryl/α,β-unsaturated/α-hetero) is 1. The molecule has 1 aliphatic carbocycles. The van der Waals surface area contributed by atoms with Crippen LogP contribution in [-0.2, 0) is 23.9 Å². The molecule has 16 heavy (non-hydrogen) atoms. The van der Waals surface area contributed by atoms with Crippen LogP contribution in [0.3, 0.4) is 0 Å². The van der Waals surface area contributed by atoms with Crippen molar-refractivity contribution in [1.82, 2.24) is 0 Å². The van der Waals surface area contributed by atoms with Crippen molar-refractivity contribution < 1.29 is 23.9 Å². The zero-order valence-corrected chi connectivity index (χ0v) is 9.52. The van der Waals surface area contributed by atoms with Crippen molar-refractivity contribution in [3.8, 4) is 0 Å². The molecule has 0 aromatic carbocycles. The van der Waals surface area contributed by atoms with Gasteiger partial charge in [-0.2, -0.15) is 0 Å².